The number of hydrogen-bond donors (Lipinski definition) is 0. The molecular formula is C23H23N3O2. The second-order valence-corrected chi connectivity index (χ2v) is 7.12. The fourth-order valence-electron chi connectivity index (χ4n) is 4.11. The summed E-state index contributed by atoms with van der Waals surface area (Å²) < 4.78 is 15.9. The highest BCUT2D eigenvalue weighted by Crippen LogP contribution is 2.37. The van der Waals surface area contributed by atoms with Crippen molar-refractivity contribution in [1.29, 1.82) is 0 Å². The van der Waals surface area contributed by atoms with Gasteiger partial charge in [-0.25, -0.2) is 4.52 Å². The molecule has 3 heterocycles. The average Bonchev–Trinajstić information content (AvgIpc) is 3.16. The van der Waals surface area contributed by atoms with Gasteiger partial charge in [-0.1, -0.05) is 36.4 Å². The van der Waals surface area contributed by atoms with E-state index < -0.39 is 0 Å². The number of nitrogens with zero attached hydrogens (tertiary/aromatic N) is 3. The van der Waals surface area contributed by atoms with Gasteiger partial charge in [0.05, 0.1) is 7.11 Å². The Labute approximate surface area is 164 Å². The first-order chi connectivity index (χ1) is 13.8. The van der Waals surface area contributed by atoms with Crippen LogP contribution in [0.2, 0.25) is 0 Å². The van der Waals surface area contributed by atoms with E-state index in [1.54, 1.807) is 7.11 Å². The summed E-state index contributed by atoms with van der Waals surface area (Å²) in [4.78, 5) is 0. The monoisotopic (exact) mass is 373 g/mol. The molecule has 2 aromatic heterocycles. The van der Waals surface area contributed by atoms with Gasteiger partial charge in [0.2, 0.25) is 0 Å². The molecule has 0 bridgehead atoms. The number of hydrogen-bond acceptors (Lipinski definition) is 3. The lowest BCUT2D eigenvalue weighted by molar-refractivity contribution is 0.288. The van der Waals surface area contributed by atoms with Crippen molar-refractivity contribution in [2.45, 2.75) is 32.4 Å². The molecule has 0 saturated carbocycles. The second kappa shape index (κ2) is 7.08. The number of para-hydroxylation sites is 2. The highest BCUT2D eigenvalue weighted by Gasteiger charge is 2.23. The SMILES string of the molecule is COc1ccccc1-c1cn2nc(COc3ccccc3)n3c2c1CCCC3. The molecule has 0 atom stereocenters. The van der Waals surface area contributed by atoms with Gasteiger partial charge in [0, 0.05) is 29.4 Å². The number of rotatable bonds is 5. The van der Waals surface area contributed by atoms with Crippen molar-refractivity contribution >= 4 is 5.65 Å². The van der Waals surface area contributed by atoms with Gasteiger partial charge in [0.15, 0.2) is 5.82 Å². The van der Waals surface area contributed by atoms with Crippen LogP contribution in [-0.4, -0.2) is 21.3 Å². The molecular weight excluding hydrogens is 350 g/mol. The highest BCUT2D eigenvalue weighted by atomic mass is 16.5. The highest BCUT2D eigenvalue weighted by molar-refractivity contribution is 5.79. The summed E-state index contributed by atoms with van der Waals surface area (Å²) in [5, 5.41) is 4.86. The van der Waals surface area contributed by atoms with Crippen LogP contribution in [0.1, 0.15) is 24.2 Å². The van der Waals surface area contributed by atoms with Gasteiger partial charge in [-0.3, -0.25) is 0 Å². The largest absolute Gasteiger partial charge is 0.496 e. The minimum atomic E-state index is 0.467. The molecule has 5 rings (SSSR count). The summed E-state index contributed by atoms with van der Waals surface area (Å²) in [6, 6.07) is 18.1. The van der Waals surface area contributed by atoms with Gasteiger partial charge >= 0.3 is 0 Å². The van der Waals surface area contributed by atoms with Crippen molar-refractivity contribution < 1.29 is 9.47 Å². The Morgan fingerprint density at radius 2 is 1.79 bits per heavy atom. The van der Waals surface area contributed by atoms with Crippen molar-refractivity contribution in [3.05, 3.63) is 72.2 Å². The molecule has 0 aliphatic carbocycles. The third kappa shape index (κ3) is 2.83. The third-order valence-electron chi connectivity index (χ3n) is 5.42. The first-order valence-electron chi connectivity index (χ1n) is 9.76. The Morgan fingerprint density at radius 3 is 2.64 bits per heavy atom. The van der Waals surface area contributed by atoms with E-state index >= 15 is 0 Å². The standard InChI is InChI=1S/C23H23N3O2/c1-27-21-13-6-5-11-18(21)20-15-26-23-19(20)12-7-8-14-25(23)22(24-26)16-28-17-9-3-2-4-10-17/h2-6,9-11,13,15H,7-8,12,14,16H2,1H3. The van der Waals surface area contributed by atoms with Crippen LogP contribution in [0.15, 0.2) is 60.8 Å². The van der Waals surface area contributed by atoms with Crippen LogP contribution in [0.25, 0.3) is 16.8 Å². The number of methoxy groups -OCH3 is 1. The lowest BCUT2D eigenvalue weighted by Crippen LogP contribution is -2.07. The van der Waals surface area contributed by atoms with Crippen LogP contribution in [0.5, 0.6) is 11.5 Å². The first kappa shape index (κ1) is 16.9. The van der Waals surface area contributed by atoms with Crippen molar-refractivity contribution in [2.75, 3.05) is 7.11 Å². The quantitative estimate of drug-likeness (QED) is 0.508. The van der Waals surface area contributed by atoms with Gasteiger partial charge in [-0.15, -0.1) is 5.10 Å². The molecule has 1 aliphatic rings. The van der Waals surface area contributed by atoms with E-state index in [1.165, 1.54) is 23.2 Å². The van der Waals surface area contributed by atoms with Crippen molar-refractivity contribution in [2.24, 2.45) is 0 Å². The van der Waals surface area contributed by atoms with Crippen molar-refractivity contribution in [3.63, 3.8) is 0 Å². The molecule has 0 unspecified atom stereocenters. The normalized spacial score (nSPS) is 13.5. The first-order valence-corrected chi connectivity index (χ1v) is 9.76. The second-order valence-electron chi connectivity index (χ2n) is 7.12. The number of aryl methyl sites for hydroxylation is 2. The van der Waals surface area contributed by atoms with Crippen LogP contribution >= 0.6 is 0 Å². The maximum atomic E-state index is 5.97. The zero-order valence-corrected chi connectivity index (χ0v) is 16.0. The van der Waals surface area contributed by atoms with Crippen molar-refractivity contribution in [3.8, 4) is 22.6 Å². The smallest absolute Gasteiger partial charge is 0.169 e. The van der Waals surface area contributed by atoms with Gasteiger partial charge in [-0.2, -0.15) is 0 Å². The van der Waals surface area contributed by atoms with Crippen LogP contribution < -0.4 is 9.47 Å². The van der Waals surface area contributed by atoms with E-state index in [9.17, 15) is 0 Å². The van der Waals surface area contributed by atoms with E-state index in [-0.39, 0.29) is 0 Å². The molecule has 1 aliphatic heterocycles. The summed E-state index contributed by atoms with van der Waals surface area (Å²) in [7, 11) is 1.73. The van der Waals surface area contributed by atoms with E-state index in [0.29, 0.717) is 6.61 Å². The minimum Gasteiger partial charge on any atom is -0.496 e. The van der Waals surface area contributed by atoms with E-state index in [1.807, 2.05) is 47.0 Å². The Kier molecular flexibility index (Phi) is 4.28. The fourth-order valence-corrected chi connectivity index (χ4v) is 4.11. The zero-order valence-electron chi connectivity index (χ0n) is 16.0. The summed E-state index contributed by atoms with van der Waals surface area (Å²) in [6.45, 7) is 1.44. The number of benzene rings is 2. The molecule has 0 fully saturated rings. The molecule has 28 heavy (non-hydrogen) atoms. The molecule has 5 nitrogen and oxygen atoms in total. The molecule has 0 N–H and O–H groups in total. The Hall–Kier alpha value is -3.21. The molecule has 0 spiro atoms. The lowest BCUT2D eigenvalue weighted by atomic mass is 10.00. The van der Waals surface area contributed by atoms with E-state index in [2.05, 4.69) is 22.9 Å². The van der Waals surface area contributed by atoms with Gasteiger partial charge in [0.25, 0.3) is 0 Å². The molecule has 142 valence electrons. The molecule has 0 saturated heterocycles. The Balaban J connectivity index is 1.57. The van der Waals surface area contributed by atoms with Crippen LogP contribution in [0.3, 0.4) is 0 Å². The summed E-state index contributed by atoms with van der Waals surface area (Å²) >= 11 is 0. The zero-order chi connectivity index (χ0) is 18.9. The minimum absolute atomic E-state index is 0.467. The Bertz CT molecular complexity index is 1110. The van der Waals surface area contributed by atoms with Gasteiger partial charge in [-0.05, 0) is 37.5 Å². The molecule has 4 aromatic rings. The fraction of sp³-hybridized carbons (Fsp3) is 0.261. The predicted octanol–water partition coefficient (Wildman–Crippen LogP) is 4.73. The summed E-state index contributed by atoms with van der Waals surface area (Å²) in [6.07, 6.45) is 5.50. The lowest BCUT2D eigenvalue weighted by Gasteiger charge is -2.09. The third-order valence-corrected chi connectivity index (χ3v) is 5.42. The van der Waals surface area contributed by atoms with Crippen LogP contribution in [-0.2, 0) is 19.6 Å². The number of ether oxygens (including phenoxy) is 2. The molecule has 0 amide bonds. The van der Waals surface area contributed by atoms with Crippen LogP contribution in [0, 0.1) is 0 Å². The maximum Gasteiger partial charge on any atom is 0.169 e. The summed E-state index contributed by atoms with van der Waals surface area (Å²) in [5.74, 6) is 2.73. The average molecular weight is 373 g/mol. The maximum absolute atomic E-state index is 5.97. The van der Waals surface area contributed by atoms with Crippen LogP contribution in [0.4, 0.5) is 0 Å². The predicted molar refractivity (Wildman–Crippen MR) is 109 cm³/mol. The molecule has 2 aromatic carbocycles. The van der Waals surface area contributed by atoms with E-state index in [0.717, 1.165) is 42.3 Å². The molecule has 5 heteroatoms. The van der Waals surface area contributed by atoms with Gasteiger partial charge in [0.1, 0.15) is 23.8 Å². The van der Waals surface area contributed by atoms with E-state index in [4.69, 9.17) is 14.6 Å². The summed E-state index contributed by atoms with van der Waals surface area (Å²) in [5.41, 5.74) is 4.87. The van der Waals surface area contributed by atoms with Crippen molar-refractivity contribution in [1.82, 2.24) is 14.2 Å². The Morgan fingerprint density at radius 1 is 0.964 bits per heavy atom. The topological polar surface area (TPSA) is 40.7 Å². The number of aromatic nitrogens is 3. The van der Waals surface area contributed by atoms with Gasteiger partial charge < -0.3 is 14.0 Å². The molecule has 0 radical (unpaired) electrons.